The van der Waals surface area contributed by atoms with Gasteiger partial charge in [0.25, 0.3) is 0 Å². The van der Waals surface area contributed by atoms with Crippen molar-refractivity contribution in [1.82, 2.24) is 15.1 Å². The molecule has 1 aromatic carbocycles. The molecule has 1 aliphatic heterocycles. The minimum atomic E-state index is -0.660. The van der Waals surface area contributed by atoms with Crippen LogP contribution in [0.25, 0.3) is 0 Å². The lowest BCUT2D eigenvalue weighted by atomic mass is 10.1. The predicted molar refractivity (Wildman–Crippen MR) is 81.7 cm³/mol. The quantitative estimate of drug-likeness (QED) is 0.923. The zero-order chi connectivity index (χ0) is 17.0. The number of halogens is 2. The highest BCUT2D eigenvalue weighted by Gasteiger charge is 2.23. The van der Waals surface area contributed by atoms with E-state index in [9.17, 15) is 18.4 Å². The van der Waals surface area contributed by atoms with Gasteiger partial charge in [0.2, 0.25) is 5.91 Å². The fourth-order valence-corrected chi connectivity index (χ4v) is 2.57. The molecule has 1 aliphatic rings. The summed E-state index contributed by atoms with van der Waals surface area (Å²) in [5, 5.41) is 2.52. The van der Waals surface area contributed by atoms with Crippen molar-refractivity contribution in [3.8, 4) is 0 Å². The molecule has 0 unspecified atom stereocenters. The molecule has 1 aromatic rings. The molecule has 0 radical (unpaired) electrons. The molecular weight excluding hydrogens is 304 g/mol. The van der Waals surface area contributed by atoms with Gasteiger partial charge in [-0.15, -0.1) is 0 Å². The first-order valence-corrected chi connectivity index (χ1v) is 7.63. The molecular formula is C16H21F2N3O2. The molecule has 7 heteroatoms. The lowest BCUT2D eigenvalue weighted by molar-refractivity contribution is -0.129. The Balaban J connectivity index is 1.93. The maximum absolute atomic E-state index is 13.8. The van der Waals surface area contributed by atoms with Crippen molar-refractivity contribution in [2.75, 3.05) is 26.7 Å². The van der Waals surface area contributed by atoms with E-state index in [1.54, 1.807) is 11.8 Å². The Labute approximate surface area is 134 Å². The van der Waals surface area contributed by atoms with Gasteiger partial charge in [-0.2, -0.15) is 0 Å². The first-order chi connectivity index (χ1) is 10.9. The van der Waals surface area contributed by atoms with Gasteiger partial charge >= 0.3 is 6.03 Å². The van der Waals surface area contributed by atoms with Crippen molar-refractivity contribution in [1.29, 1.82) is 0 Å². The number of likely N-dealkylation sites (tertiary alicyclic amines) is 1. The van der Waals surface area contributed by atoms with Crippen LogP contribution in [0.15, 0.2) is 18.2 Å². The van der Waals surface area contributed by atoms with Crippen LogP contribution in [0.3, 0.4) is 0 Å². The van der Waals surface area contributed by atoms with Crippen LogP contribution in [0.4, 0.5) is 13.6 Å². The minimum Gasteiger partial charge on any atom is -0.341 e. The van der Waals surface area contributed by atoms with Crippen LogP contribution < -0.4 is 5.32 Å². The van der Waals surface area contributed by atoms with Gasteiger partial charge < -0.3 is 15.1 Å². The van der Waals surface area contributed by atoms with Crippen LogP contribution in [0, 0.1) is 11.6 Å². The Morgan fingerprint density at radius 2 is 1.96 bits per heavy atom. The summed E-state index contributed by atoms with van der Waals surface area (Å²) in [6, 6.07) is 1.96. The summed E-state index contributed by atoms with van der Waals surface area (Å²) in [6.07, 6.45) is 1.96. The molecule has 1 N–H and O–H groups in total. The second kappa shape index (κ2) is 7.39. The number of rotatable bonds is 4. The molecule has 0 bridgehead atoms. The van der Waals surface area contributed by atoms with Gasteiger partial charge in [-0.1, -0.05) is 0 Å². The maximum Gasteiger partial charge on any atom is 0.318 e. The third kappa shape index (κ3) is 4.18. The molecule has 0 spiro atoms. The first-order valence-electron chi connectivity index (χ1n) is 7.63. The number of carbonyl (C=O) groups is 2. The van der Waals surface area contributed by atoms with Gasteiger partial charge in [-0.3, -0.25) is 4.79 Å². The minimum absolute atomic E-state index is 0.0912. The van der Waals surface area contributed by atoms with Crippen molar-refractivity contribution >= 4 is 11.9 Å². The van der Waals surface area contributed by atoms with Crippen LogP contribution >= 0.6 is 0 Å². The average molecular weight is 325 g/mol. The summed E-state index contributed by atoms with van der Waals surface area (Å²) in [5.41, 5.74) is 0.0912. The fraction of sp³-hybridized carbons (Fsp3) is 0.500. The number of amides is 3. The molecule has 1 heterocycles. The van der Waals surface area contributed by atoms with E-state index in [0.717, 1.165) is 44.1 Å². The Hall–Kier alpha value is -2.18. The lowest BCUT2D eigenvalue weighted by Crippen LogP contribution is -2.44. The smallest absolute Gasteiger partial charge is 0.318 e. The zero-order valence-electron chi connectivity index (χ0n) is 13.3. The van der Waals surface area contributed by atoms with Gasteiger partial charge in [0.15, 0.2) is 0 Å². The van der Waals surface area contributed by atoms with Crippen LogP contribution in [0.1, 0.15) is 31.4 Å². The van der Waals surface area contributed by atoms with Crippen LogP contribution in [-0.4, -0.2) is 48.4 Å². The van der Waals surface area contributed by atoms with Crippen molar-refractivity contribution in [2.24, 2.45) is 0 Å². The second-order valence-corrected chi connectivity index (χ2v) is 5.70. The molecule has 3 amide bonds. The van der Waals surface area contributed by atoms with Crippen molar-refractivity contribution < 1.29 is 18.4 Å². The summed E-state index contributed by atoms with van der Waals surface area (Å²) in [5.74, 6) is -1.27. The summed E-state index contributed by atoms with van der Waals surface area (Å²) >= 11 is 0. The van der Waals surface area contributed by atoms with E-state index in [1.165, 1.54) is 11.9 Å². The summed E-state index contributed by atoms with van der Waals surface area (Å²) in [6.45, 7) is 2.94. The van der Waals surface area contributed by atoms with Crippen molar-refractivity contribution in [3.63, 3.8) is 0 Å². The second-order valence-electron chi connectivity index (χ2n) is 5.70. The van der Waals surface area contributed by atoms with Gasteiger partial charge in [0.1, 0.15) is 11.6 Å². The molecule has 126 valence electrons. The lowest BCUT2D eigenvalue weighted by Gasteiger charge is -2.26. The highest BCUT2D eigenvalue weighted by Crippen LogP contribution is 2.22. The molecule has 0 aromatic heterocycles. The first kappa shape index (κ1) is 17.2. The number of nitrogens with one attached hydrogen (secondary N) is 1. The maximum atomic E-state index is 13.8. The zero-order valence-corrected chi connectivity index (χ0v) is 13.3. The standard InChI is InChI=1S/C16H21F2N3O2/c1-11(13-9-12(17)5-6-14(13)18)20(2)16(23)19-10-15(22)21-7-3-4-8-21/h5-6,9,11H,3-4,7-8,10H2,1-2H3,(H,19,23)/t11-/m1/s1. The summed E-state index contributed by atoms with van der Waals surface area (Å²) < 4.78 is 27.0. The molecule has 0 aliphatic carbocycles. The Kier molecular flexibility index (Phi) is 5.52. The van der Waals surface area contributed by atoms with Crippen LogP contribution in [-0.2, 0) is 4.79 Å². The third-order valence-electron chi connectivity index (χ3n) is 4.16. The third-order valence-corrected chi connectivity index (χ3v) is 4.16. The van der Waals surface area contributed by atoms with E-state index < -0.39 is 23.7 Å². The van der Waals surface area contributed by atoms with E-state index in [0.29, 0.717) is 0 Å². The monoisotopic (exact) mass is 325 g/mol. The van der Waals surface area contributed by atoms with Crippen LogP contribution in [0.2, 0.25) is 0 Å². The molecule has 2 rings (SSSR count). The molecule has 5 nitrogen and oxygen atoms in total. The van der Waals surface area contributed by atoms with E-state index in [2.05, 4.69) is 5.32 Å². The summed E-state index contributed by atoms with van der Waals surface area (Å²) in [4.78, 5) is 26.9. The molecule has 23 heavy (non-hydrogen) atoms. The van der Waals surface area contributed by atoms with E-state index in [1.807, 2.05) is 0 Å². The molecule has 1 fully saturated rings. The fourth-order valence-electron chi connectivity index (χ4n) is 2.57. The van der Waals surface area contributed by atoms with Crippen molar-refractivity contribution in [2.45, 2.75) is 25.8 Å². The normalized spacial score (nSPS) is 15.4. The Morgan fingerprint density at radius 3 is 2.61 bits per heavy atom. The average Bonchev–Trinajstić information content (AvgIpc) is 3.07. The van der Waals surface area contributed by atoms with Gasteiger partial charge in [0.05, 0.1) is 12.6 Å². The van der Waals surface area contributed by atoms with Gasteiger partial charge in [-0.25, -0.2) is 13.6 Å². The van der Waals surface area contributed by atoms with E-state index >= 15 is 0 Å². The summed E-state index contributed by atoms with van der Waals surface area (Å²) in [7, 11) is 1.48. The number of benzene rings is 1. The molecule has 0 saturated carbocycles. The number of hydrogen-bond donors (Lipinski definition) is 1. The van der Waals surface area contributed by atoms with Gasteiger partial charge in [0, 0.05) is 25.7 Å². The molecule has 1 saturated heterocycles. The molecule has 1 atom stereocenters. The topological polar surface area (TPSA) is 52.7 Å². The van der Waals surface area contributed by atoms with Crippen molar-refractivity contribution in [3.05, 3.63) is 35.4 Å². The largest absolute Gasteiger partial charge is 0.341 e. The highest BCUT2D eigenvalue weighted by molar-refractivity contribution is 5.84. The number of urea groups is 1. The Bertz CT molecular complexity index is 589. The number of nitrogens with zero attached hydrogens (tertiary/aromatic N) is 2. The SMILES string of the molecule is C[C@H](c1cc(F)ccc1F)N(C)C(=O)NCC(=O)N1CCCC1. The van der Waals surface area contributed by atoms with Gasteiger partial charge in [-0.05, 0) is 38.0 Å². The van der Waals surface area contributed by atoms with Crippen LogP contribution in [0.5, 0.6) is 0 Å². The Morgan fingerprint density at radius 1 is 1.30 bits per heavy atom. The number of carbonyl (C=O) groups excluding carboxylic acids is 2. The number of hydrogen-bond acceptors (Lipinski definition) is 2. The van der Waals surface area contributed by atoms with E-state index in [-0.39, 0.29) is 18.0 Å². The predicted octanol–water partition coefficient (Wildman–Crippen LogP) is 2.29. The van der Waals surface area contributed by atoms with E-state index in [4.69, 9.17) is 0 Å². The highest BCUT2D eigenvalue weighted by atomic mass is 19.1.